The Bertz CT molecular complexity index is 594. The van der Waals surface area contributed by atoms with E-state index in [0.29, 0.717) is 25.3 Å². The number of benzene rings is 1. The highest BCUT2D eigenvalue weighted by molar-refractivity contribution is 5.56. The van der Waals surface area contributed by atoms with Crippen molar-refractivity contribution in [2.24, 2.45) is 5.41 Å². The SMILES string of the molecule is CN1CCN(c2ccc(C(F)(F)F)cc2CNCC2(C)COC2)CC1. The summed E-state index contributed by atoms with van der Waals surface area (Å²) < 4.78 is 44.6. The summed E-state index contributed by atoms with van der Waals surface area (Å²) in [6, 6.07) is 4.11. The molecule has 2 saturated heterocycles. The molecule has 0 unspecified atom stereocenters. The first-order valence-corrected chi connectivity index (χ1v) is 8.69. The molecule has 25 heavy (non-hydrogen) atoms. The Balaban J connectivity index is 1.75. The third-order valence-corrected chi connectivity index (χ3v) is 5.02. The van der Waals surface area contributed by atoms with Gasteiger partial charge in [-0.15, -0.1) is 0 Å². The summed E-state index contributed by atoms with van der Waals surface area (Å²) in [6.45, 7) is 8.21. The van der Waals surface area contributed by atoms with Gasteiger partial charge in [0.2, 0.25) is 0 Å². The maximum absolute atomic E-state index is 13.1. The van der Waals surface area contributed by atoms with Gasteiger partial charge in [0.15, 0.2) is 0 Å². The van der Waals surface area contributed by atoms with E-state index in [2.05, 4.69) is 29.1 Å². The van der Waals surface area contributed by atoms with E-state index in [0.717, 1.165) is 38.4 Å². The molecule has 0 amide bonds. The molecule has 3 rings (SSSR count). The largest absolute Gasteiger partial charge is 0.416 e. The molecule has 1 N–H and O–H groups in total. The van der Waals surface area contributed by atoms with Crippen LogP contribution in [0.4, 0.5) is 18.9 Å². The highest BCUT2D eigenvalue weighted by Crippen LogP contribution is 2.33. The molecule has 2 aliphatic heterocycles. The van der Waals surface area contributed by atoms with Crippen LogP contribution in [-0.4, -0.2) is 57.9 Å². The molecular weight excluding hydrogens is 331 g/mol. The van der Waals surface area contributed by atoms with Crippen LogP contribution in [0.1, 0.15) is 18.1 Å². The summed E-state index contributed by atoms with van der Waals surface area (Å²) in [6.07, 6.45) is -4.32. The van der Waals surface area contributed by atoms with Crippen LogP contribution >= 0.6 is 0 Å². The molecule has 1 aromatic rings. The molecule has 2 aliphatic rings. The van der Waals surface area contributed by atoms with E-state index in [-0.39, 0.29) is 5.41 Å². The van der Waals surface area contributed by atoms with E-state index in [1.165, 1.54) is 12.1 Å². The number of hydrogen-bond donors (Lipinski definition) is 1. The van der Waals surface area contributed by atoms with Crippen molar-refractivity contribution in [3.05, 3.63) is 29.3 Å². The third kappa shape index (κ3) is 4.46. The van der Waals surface area contributed by atoms with E-state index in [9.17, 15) is 13.2 Å². The van der Waals surface area contributed by atoms with Crippen LogP contribution in [-0.2, 0) is 17.5 Å². The summed E-state index contributed by atoms with van der Waals surface area (Å²) in [5.41, 5.74) is 1.13. The zero-order chi connectivity index (χ0) is 18.1. The minimum absolute atomic E-state index is 0.0929. The molecule has 4 nitrogen and oxygen atoms in total. The monoisotopic (exact) mass is 357 g/mol. The molecule has 0 radical (unpaired) electrons. The van der Waals surface area contributed by atoms with Crippen molar-refractivity contribution in [3.63, 3.8) is 0 Å². The lowest BCUT2D eigenvalue weighted by molar-refractivity contribution is -0.137. The number of alkyl halides is 3. The molecule has 0 atom stereocenters. The van der Waals surface area contributed by atoms with Crippen molar-refractivity contribution in [3.8, 4) is 0 Å². The van der Waals surface area contributed by atoms with E-state index in [4.69, 9.17) is 4.74 Å². The Morgan fingerprint density at radius 2 is 1.84 bits per heavy atom. The lowest BCUT2D eigenvalue weighted by Gasteiger charge is -2.38. The Morgan fingerprint density at radius 3 is 2.40 bits per heavy atom. The molecule has 140 valence electrons. The van der Waals surface area contributed by atoms with Crippen LogP contribution in [0.2, 0.25) is 0 Å². The number of anilines is 1. The number of nitrogens with one attached hydrogen (secondary N) is 1. The van der Waals surface area contributed by atoms with E-state index < -0.39 is 11.7 Å². The normalized spacial score (nSPS) is 21.2. The smallest absolute Gasteiger partial charge is 0.380 e. The van der Waals surface area contributed by atoms with Crippen LogP contribution in [0.5, 0.6) is 0 Å². The predicted molar refractivity (Wildman–Crippen MR) is 91.8 cm³/mol. The van der Waals surface area contributed by atoms with Crippen LogP contribution in [0.25, 0.3) is 0 Å². The molecule has 7 heteroatoms. The second-order valence-corrected chi connectivity index (χ2v) is 7.54. The molecule has 2 heterocycles. The van der Waals surface area contributed by atoms with Crippen molar-refractivity contribution < 1.29 is 17.9 Å². The number of likely N-dealkylation sites (N-methyl/N-ethyl adjacent to an activating group) is 1. The van der Waals surface area contributed by atoms with Gasteiger partial charge in [-0.25, -0.2) is 0 Å². The van der Waals surface area contributed by atoms with Crippen molar-refractivity contribution >= 4 is 5.69 Å². The fourth-order valence-electron chi connectivity index (χ4n) is 3.31. The van der Waals surface area contributed by atoms with Crippen molar-refractivity contribution in [1.29, 1.82) is 0 Å². The van der Waals surface area contributed by atoms with Crippen LogP contribution in [0, 0.1) is 5.41 Å². The highest BCUT2D eigenvalue weighted by Gasteiger charge is 2.34. The van der Waals surface area contributed by atoms with Gasteiger partial charge >= 0.3 is 6.18 Å². The fraction of sp³-hybridized carbons (Fsp3) is 0.667. The number of piperazine rings is 1. The maximum atomic E-state index is 13.1. The second-order valence-electron chi connectivity index (χ2n) is 7.54. The van der Waals surface area contributed by atoms with Crippen LogP contribution < -0.4 is 10.2 Å². The molecule has 1 aromatic carbocycles. The van der Waals surface area contributed by atoms with Gasteiger partial charge in [-0.3, -0.25) is 0 Å². The first-order valence-electron chi connectivity index (χ1n) is 8.69. The van der Waals surface area contributed by atoms with Gasteiger partial charge < -0.3 is 19.9 Å². The van der Waals surface area contributed by atoms with Crippen LogP contribution in [0.15, 0.2) is 18.2 Å². The summed E-state index contributed by atoms with van der Waals surface area (Å²) in [5.74, 6) is 0. The number of nitrogens with zero attached hydrogens (tertiary/aromatic N) is 2. The van der Waals surface area contributed by atoms with Gasteiger partial charge in [-0.2, -0.15) is 13.2 Å². The van der Waals surface area contributed by atoms with Gasteiger partial charge in [0.05, 0.1) is 18.8 Å². The minimum atomic E-state index is -4.32. The fourth-order valence-corrected chi connectivity index (χ4v) is 3.31. The summed E-state index contributed by atoms with van der Waals surface area (Å²) >= 11 is 0. The molecule has 0 aromatic heterocycles. The Labute approximate surface area is 146 Å². The Kier molecular flexibility index (Phi) is 5.27. The standard InChI is InChI=1S/C18H26F3N3O/c1-17(12-25-13-17)11-22-10-14-9-15(18(19,20)21)3-4-16(14)24-7-5-23(2)6-8-24/h3-4,9,22H,5-8,10-13H2,1-2H3. The van der Waals surface area contributed by atoms with Gasteiger partial charge in [0.1, 0.15) is 0 Å². The summed E-state index contributed by atoms with van der Waals surface area (Å²) in [7, 11) is 2.06. The van der Waals surface area contributed by atoms with Crippen molar-refractivity contribution in [2.75, 3.05) is 57.9 Å². The van der Waals surface area contributed by atoms with Gasteiger partial charge in [-0.1, -0.05) is 6.92 Å². The summed E-state index contributed by atoms with van der Waals surface area (Å²) in [4.78, 5) is 4.42. The van der Waals surface area contributed by atoms with E-state index in [1.807, 2.05) is 0 Å². The first-order chi connectivity index (χ1) is 11.8. The number of halogens is 3. The summed E-state index contributed by atoms with van der Waals surface area (Å²) in [5, 5.41) is 3.33. The average Bonchev–Trinajstić information content (AvgIpc) is 2.53. The zero-order valence-electron chi connectivity index (χ0n) is 14.8. The lowest BCUT2D eigenvalue weighted by Crippen LogP contribution is -2.47. The molecule has 0 aliphatic carbocycles. The molecule has 0 bridgehead atoms. The minimum Gasteiger partial charge on any atom is -0.380 e. The van der Waals surface area contributed by atoms with Crippen molar-refractivity contribution in [1.82, 2.24) is 10.2 Å². The Morgan fingerprint density at radius 1 is 1.16 bits per heavy atom. The Hall–Kier alpha value is -1.31. The van der Waals surface area contributed by atoms with E-state index in [1.54, 1.807) is 6.07 Å². The molecule has 2 fully saturated rings. The number of hydrogen-bond acceptors (Lipinski definition) is 4. The third-order valence-electron chi connectivity index (χ3n) is 5.02. The molecule has 0 spiro atoms. The zero-order valence-corrected chi connectivity index (χ0v) is 14.8. The molecular formula is C18H26F3N3O. The van der Waals surface area contributed by atoms with E-state index >= 15 is 0 Å². The van der Waals surface area contributed by atoms with Crippen molar-refractivity contribution in [2.45, 2.75) is 19.6 Å². The van der Waals surface area contributed by atoms with Gasteiger partial charge in [0, 0.05) is 50.4 Å². The topological polar surface area (TPSA) is 27.7 Å². The average molecular weight is 357 g/mol. The quantitative estimate of drug-likeness (QED) is 0.877. The predicted octanol–water partition coefficient (Wildman–Crippen LogP) is 2.58. The number of ether oxygens (including phenoxy) is 1. The lowest BCUT2D eigenvalue weighted by atomic mass is 9.88. The van der Waals surface area contributed by atoms with Gasteiger partial charge in [-0.05, 0) is 30.8 Å². The maximum Gasteiger partial charge on any atom is 0.416 e. The highest BCUT2D eigenvalue weighted by atomic mass is 19.4. The number of rotatable bonds is 5. The first kappa shape index (κ1) is 18.5. The molecule has 0 saturated carbocycles. The van der Waals surface area contributed by atoms with Gasteiger partial charge in [0.25, 0.3) is 0 Å². The second kappa shape index (κ2) is 7.13. The van der Waals surface area contributed by atoms with Crippen LogP contribution in [0.3, 0.4) is 0 Å².